The zero-order valence-electron chi connectivity index (χ0n) is 10.1. The van der Waals surface area contributed by atoms with Gasteiger partial charge in [-0.3, -0.25) is 0 Å². The van der Waals surface area contributed by atoms with Crippen LogP contribution in [0, 0.1) is 5.82 Å². The summed E-state index contributed by atoms with van der Waals surface area (Å²) in [5.41, 5.74) is 4.93. The lowest BCUT2D eigenvalue weighted by atomic mass is 10.1. The third kappa shape index (κ3) is 4.17. The van der Waals surface area contributed by atoms with E-state index in [1.54, 1.807) is 11.8 Å². The third-order valence-electron chi connectivity index (χ3n) is 2.34. The third-order valence-corrected chi connectivity index (χ3v) is 3.55. The number of rotatable bonds is 4. The standard InChI is InChI=1S/C12H15F4NS/c1-7(2)18-6-11(17)8-3-4-9(10(13)5-8)12(14,15)16/h3-5,7,11H,6,17H2,1-2H3. The Bertz CT molecular complexity index is 404. The van der Waals surface area contributed by atoms with E-state index in [2.05, 4.69) is 0 Å². The highest BCUT2D eigenvalue weighted by Gasteiger charge is 2.34. The van der Waals surface area contributed by atoms with Gasteiger partial charge in [0.05, 0.1) is 5.56 Å². The number of nitrogens with two attached hydrogens (primary N) is 1. The molecule has 0 amide bonds. The molecule has 2 N–H and O–H groups in total. The Labute approximate surface area is 108 Å². The van der Waals surface area contributed by atoms with Gasteiger partial charge in [0.2, 0.25) is 0 Å². The van der Waals surface area contributed by atoms with Crippen LogP contribution in [0.3, 0.4) is 0 Å². The number of benzene rings is 1. The minimum absolute atomic E-state index is 0.371. The fourth-order valence-electron chi connectivity index (χ4n) is 1.38. The normalized spacial score (nSPS) is 14.0. The van der Waals surface area contributed by atoms with Crippen LogP contribution in [0.1, 0.15) is 31.0 Å². The van der Waals surface area contributed by atoms with Crippen molar-refractivity contribution in [3.05, 3.63) is 35.1 Å². The van der Waals surface area contributed by atoms with E-state index in [-0.39, 0.29) is 0 Å². The van der Waals surface area contributed by atoms with E-state index in [1.807, 2.05) is 13.8 Å². The first-order chi connectivity index (χ1) is 8.21. The lowest BCUT2D eigenvalue weighted by Gasteiger charge is -2.15. The van der Waals surface area contributed by atoms with Gasteiger partial charge in [0.15, 0.2) is 0 Å². The van der Waals surface area contributed by atoms with Crippen molar-refractivity contribution in [2.24, 2.45) is 5.73 Å². The average molecular weight is 281 g/mol. The van der Waals surface area contributed by atoms with Crippen LogP contribution in [0.2, 0.25) is 0 Å². The van der Waals surface area contributed by atoms with Gasteiger partial charge in [-0.15, -0.1) is 0 Å². The van der Waals surface area contributed by atoms with Gasteiger partial charge in [-0.1, -0.05) is 19.9 Å². The van der Waals surface area contributed by atoms with Gasteiger partial charge >= 0.3 is 6.18 Å². The van der Waals surface area contributed by atoms with Gasteiger partial charge < -0.3 is 5.73 Å². The molecule has 1 aromatic carbocycles. The molecule has 1 nitrogen and oxygen atoms in total. The molecule has 18 heavy (non-hydrogen) atoms. The van der Waals surface area contributed by atoms with Crippen LogP contribution in [0.25, 0.3) is 0 Å². The van der Waals surface area contributed by atoms with E-state index in [1.165, 1.54) is 6.07 Å². The smallest absolute Gasteiger partial charge is 0.323 e. The summed E-state index contributed by atoms with van der Waals surface area (Å²) in [6.07, 6.45) is -4.67. The number of thioether (sulfide) groups is 1. The average Bonchev–Trinajstić information content (AvgIpc) is 2.23. The van der Waals surface area contributed by atoms with Crippen LogP contribution in [0.15, 0.2) is 18.2 Å². The van der Waals surface area contributed by atoms with Gasteiger partial charge in [0.25, 0.3) is 0 Å². The zero-order chi connectivity index (χ0) is 13.9. The van der Waals surface area contributed by atoms with E-state index in [0.717, 1.165) is 12.1 Å². The first-order valence-electron chi connectivity index (χ1n) is 5.45. The molecule has 6 heteroatoms. The number of hydrogen-bond donors (Lipinski definition) is 1. The minimum atomic E-state index is -4.67. The summed E-state index contributed by atoms with van der Waals surface area (Å²) in [4.78, 5) is 0. The quantitative estimate of drug-likeness (QED) is 0.845. The molecule has 0 aliphatic heterocycles. The Morgan fingerprint density at radius 2 is 1.89 bits per heavy atom. The van der Waals surface area contributed by atoms with E-state index in [4.69, 9.17) is 5.73 Å². The molecular formula is C12H15F4NS. The fourth-order valence-corrected chi connectivity index (χ4v) is 2.17. The summed E-state index contributed by atoms with van der Waals surface area (Å²) in [5.74, 6) is -0.729. The van der Waals surface area contributed by atoms with Gasteiger partial charge in [-0.2, -0.15) is 24.9 Å². The molecule has 0 saturated heterocycles. The SMILES string of the molecule is CC(C)SCC(N)c1ccc(C(F)(F)F)c(F)c1. The Hall–Kier alpha value is -0.750. The van der Waals surface area contributed by atoms with Crippen molar-refractivity contribution in [1.29, 1.82) is 0 Å². The first kappa shape index (κ1) is 15.3. The largest absolute Gasteiger partial charge is 0.419 e. The number of hydrogen-bond acceptors (Lipinski definition) is 2. The predicted octanol–water partition coefficient (Wildman–Crippen LogP) is 3.99. The summed E-state index contributed by atoms with van der Waals surface area (Å²) in [5, 5.41) is 0.371. The monoisotopic (exact) mass is 281 g/mol. The molecule has 0 spiro atoms. The Balaban J connectivity index is 2.84. The molecular weight excluding hydrogens is 266 g/mol. The predicted molar refractivity (Wildman–Crippen MR) is 65.9 cm³/mol. The Kier molecular flexibility index (Phi) is 5.04. The van der Waals surface area contributed by atoms with Crippen molar-refractivity contribution in [2.75, 3.05) is 5.75 Å². The molecule has 1 unspecified atom stereocenters. The van der Waals surface area contributed by atoms with Crippen LogP contribution in [-0.4, -0.2) is 11.0 Å². The summed E-state index contributed by atoms with van der Waals surface area (Å²) in [6.45, 7) is 3.98. The van der Waals surface area contributed by atoms with Crippen molar-refractivity contribution in [1.82, 2.24) is 0 Å². The van der Waals surface area contributed by atoms with E-state index < -0.39 is 23.6 Å². The van der Waals surface area contributed by atoms with E-state index in [0.29, 0.717) is 16.6 Å². The van der Waals surface area contributed by atoms with Gasteiger partial charge in [-0.25, -0.2) is 4.39 Å². The molecule has 0 radical (unpaired) electrons. The number of alkyl halides is 3. The van der Waals surface area contributed by atoms with Crippen molar-refractivity contribution in [3.63, 3.8) is 0 Å². The topological polar surface area (TPSA) is 26.0 Å². The molecule has 0 saturated carbocycles. The van der Waals surface area contributed by atoms with Crippen LogP contribution >= 0.6 is 11.8 Å². The van der Waals surface area contributed by atoms with Gasteiger partial charge in [-0.05, 0) is 22.9 Å². The Morgan fingerprint density at radius 3 is 2.33 bits per heavy atom. The van der Waals surface area contributed by atoms with E-state index in [9.17, 15) is 17.6 Å². The summed E-state index contributed by atoms with van der Waals surface area (Å²) in [7, 11) is 0. The molecule has 0 aliphatic carbocycles. The second-order valence-corrected chi connectivity index (χ2v) is 5.84. The second-order valence-electron chi connectivity index (χ2n) is 4.23. The first-order valence-corrected chi connectivity index (χ1v) is 6.50. The fraction of sp³-hybridized carbons (Fsp3) is 0.500. The summed E-state index contributed by atoms with van der Waals surface area (Å²) in [6, 6.07) is 2.38. The molecule has 0 fully saturated rings. The van der Waals surface area contributed by atoms with Crippen LogP contribution in [0.4, 0.5) is 17.6 Å². The van der Waals surface area contributed by atoms with Crippen molar-refractivity contribution >= 4 is 11.8 Å². The van der Waals surface area contributed by atoms with Gasteiger partial charge in [0, 0.05) is 11.8 Å². The molecule has 102 valence electrons. The highest BCUT2D eigenvalue weighted by Crippen LogP contribution is 2.32. The van der Waals surface area contributed by atoms with Crippen molar-refractivity contribution in [3.8, 4) is 0 Å². The molecule has 1 atom stereocenters. The second kappa shape index (κ2) is 5.93. The van der Waals surface area contributed by atoms with Crippen LogP contribution in [0.5, 0.6) is 0 Å². The Morgan fingerprint density at radius 1 is 1.28 bits per heavy atom. The van der Waals surface area contributed by atoms with Crippen LogP contribution in [-0.2, 0) is 6.18 Å². The van der Waals surface area contributed by atoms with Crippen molar-refractivity contribution < 1.29 is 17.6 Å². The maximum atomic E-state index is 13.3. The minimum Gasteiger partial charge on any atom is -0.323 e. The van der Waals surface area contributed by atoms with E-state index >= 15 is 0 Å². The summed E-state index contributed by atoms with van der Waals surface area (Å²) >= 11 is 1.58. The molecule has 0 heterocycles. The molecule has 0 bridgehead atoms. The number of halogens is 4. The van der Waals surface area contributed by atoms with Crippen LogP contribution < -0.4 is 5.73 Å². The highest BCUT2D eigenvalue weighted by molar-refractivity contribution is 7.99. The summed E-state index contributed by atoms with van der Waals surface area (Å²) < 4.78 is 50.4. The maximum absolute atomic E-state index is 13.3. The highest BCUT2D eigenvalue weighted by atomic mass is 32.2. The molecule has 1 rings (SSSR count). The zero-order valence-corrected chi connectivity index (χ0v) is 10.9. The lowest BCUT2D eigenvalue weighted by molar-refractivity contribution is -0.140. The molecule has 0 aromatic heterocycles. The van der Waals surface area contributed by atoms with Gasteiger partial charge in [0.1, 0.15) is 5.82 Å². The molecule has 0 aliphatic rings. The maximum Gasteiger partial charge on any atom is 0.419 e. The lowest BCUT2D eigenvalue weighted by Crippen LogP contribution is -2.16. The van der Waals surface area contributed by atoms with Crippen molar-refractivity contribution in [2.45, 2.75) is 31.3 Å². The molecule has 1 aromatic rings.